The number of quaternary nitrogens is 1. The first kappa shape index (κ1) is 10.8. The molecule has 0 saturated carbocycles. The zero-order valence-corrected chi connectivity index (χ0v) is 7.38. The van der Waals surface area contributed by atoms with E-state index in [2.05, 4.69) is 5.73 Å². The van der Waals surface area contributed by atoms with Gasteiger partial charge in [-0.2, -0.15) is 0 Å². The number of hydrogen-bond donors (Lipinski definition) is 2. The SMILES string of the molecule is CC(N)COCOCC(C)[NH3+]. The van der Waals surface area contributed by atoms with E-state index in [9.17, 15) is 0 Å². The van der Waals surface area contributed by atoms with Gasteiger partial charge in [0, 0.05) is 6.04 Å². The first-order chi connectivity index (χ1) is 5.13. The van der Waals surface area contributed by atoms with Gasteiger partial charge in [-0.1, -0.05) is 0 Å². The Hall–Kier alpha value is -0.160. The molecule has 0 fully saturated rings. The molecule has 0 aliphatic heterocycles. The van der Waals surface area contributed by atoms with Crippen molar-refractivity contribution in [2.75, 3.05) is 20.0 Å². The van der Waals surface area contributed by atoms with Crippen LogP contribution >= 0.6 is 0 Å². The van der Waals surface area contributed by atoms with Crippen LogP contribution in [0.3, 0.4) is 0 Å². The Labute approximate surface area is 67.8 Å². The Morgan fingerprint density at radius 2 is 1.82 bits per heavy atom. The lowest BCUT2D eigenvalue weighted by atomic mass is 10.4. The van der Waals surface area contributed by atoms with Crippen molar-refractivity contribution in [3.63, 3.8) is 0 Å². The van der Waals surface area contributed by atoms with Crippen molar-refractivity contribution >= 4 is 0 Å². The topological polar surface area (TPSA) is 72.1 Å². The summed E-state index contributed by atoms with van der Waals surface area (Å²) in [4.78, 5) is 0. The van der Waals surface area contributed by atoms with Crippen molar-refractivity contribution in [1.82, 2.24) is 0 Å². The van der Waals surface area contributed by atoms with Gasteiger partial charge in [0.05, 0.1) is 6.61 Å². The second-order valence-electron chi connectivity index (χ2n) is 2.94. The van der Waals surface area contributed by atoms with E-state index in [4.69, 9.17) is 15.2 Å². The number of rotatable bonds is 6. The summed E-state index contributed by atoms with van der Waals surface area (Å²) >= 11 is 0. The smallest absolute Gasteiger partial charge is 0.147 e. The fourth-order valence-electron chi connectivity index (χ4n) is 0.542. The number of ether oxygens (including phenoxy) is 2. The van der Waals surface area contributed by atoms with Gasteiger partial charge in [0.2, 0.25) is 0 Å². The molecule has 0 aliphatic rings. The molecule has 11 heavy (non-hydrogen) atoms. The second kappa shape index (κ2) is 6.54. The van der Waals surface area contributed by atoms with Crippen LogP contribution in [0.25, 0.3) is 0 Å². The highest BCUT2D eigenvalue weighted by molar-refractivity contribution is 4.46. The largest absolute Gasteiger partial charge is 0.354 e. The van der Waals surface area contributed by atoms with Gasteiger partial charge in [0.25, 0.3) is 0 Å². The van der Waals surface area contributed by atoms with Gasteiger partial charge in [-0.3, -0.25) is 0 Å². The van der Waals surface area contributed by atoms with Crippen LogP contribution in [0.5, 0.6) is 0 Å². The molecule has 0 aliphatic carbocycles. The molecule has 2 atom stereocenters. The van der Waals surface area contributed by atoms with Gasteiger partial charge in [-0.05, 0) is 13.8 Å². The van der Waals surface area contributed by atoms with Crippen LogP contribution in [0.2, 0.25) is 0 Å². The molecule has 0 spiro atoms. The zero-order valence-electron chi connectivity index (χ0n) is 7.38. The third-order valence-electron chi connectivity index (χ3n) is 0.950. The summed E-state index contributed by atoms with van der Waals surface area (Å²) < 4.78 is 10.2. The third-order valence-corrected chi connectivity index (χ3v) is 0.950. The summed E-state index contributed by atoms with van der Waals surface area (Å²) in [6.07, 6.45) is 0. The maximum atomic E-state index is 5.44. The Kier molecular flexibility index (Phi) is 6.45. The molecule has 68 valence electrons. The van der Waals surface area contributed by atoms with E-state index in [0.717, 1.165) is 0 Å². The minimum absolute atomic E-state index is 0.0794. The van der Waals surface area contributed by atoms with Crippen molar-refractivity contribution in [3.05, 3.63) is 0 Å². The fraction of sp³-hybridized carbons (Fsp3) is 1.00. The van der Waals surface area contributed by atoms with Crippen molar-refractivity contribution in [2.45, 2.75) is 25.9 Å². The molecule has 0 aromatic rings. The van der Waals surface area contributed by atoms with Crippen molar-refractivity contribution in [1.29, 1.82) is 0 Å². The van der Waals surface area contributed by atoms with E-state index in [1.165, 1.54) is 0 Å². The molecule has 0 aromatic carbocycles. The van der Waals surface area contributed by atoms with Crippen LogP contribution in [0, 0.1) is 0 Å². The maximum Gasteiger partial charge on any atom is 0.147 e. The second-order valence-corrected chi connectivity index (χ2v) is 2.94. The molecule has 0 rings (SSSR count). The maximum absolute atomic E-state index is 5.44. The molecule has 0 bridgehead atoms. The van der Waals surface area contributed by atoms with Crippen LogP contribution in [0.1, 0.15) is 13.8 Å². The van der Waals surface area contributed by atoms with Crippen LogP contribution in [0.15, 0.2) is 0 Å². The van der Waals surface area contributed by atoms with Crippen LogP contribution in [-0.2, 0) is 9.47 Å². The number of hydrogen-bond acceptors (Lipinski definition) is 3. The molecule has 0 heterocycles. The normalized spacial score (nSPS) is 16.4. The van der Waals surface area contributed by atoms with E-state index in [0.29, 0.717) is 26.0 Å². The van der Waals surface area contributed by atoms with E-state index in [1.807, 2.05) is 13.8 Å². The number of nitrogens with two attached hydrogens (primary N) is 1. The first-order valence-electron chi connectivity index (χ1n) is 3.87. The van der Waals surface area contributed by atoms with Crippen molar-refractivity contribution in [3.8, 4) is 0 Å². The molecule has 2 unspecified atom stereocenters. The van der Waals surface area contributed by atoms with Crippen molar-refractivity contribution < 1.29 is 15.2 Å². The summed E-state index contributed by atoms with van der Waals surface area (Å²) in [6.45, 7) is 5.39. The minimum atomic E-state index is 0.0794. The van der Waals surface area contributed by atoms with Gasteiger partial charge in [-0.25, -0.2) is 0 Å². The molecule has 4 nitrogen and oxygen atoms in total. The summed E-state index contributed by atoms with van der Waals surface area (Å²) in [6, 6.07) is 0.393. The summed E-state index contributed by atoms with van der Waals surface area (Å²) in [5, 5.41) is 0. The standard InChI is InChI=1S/C7H18N2O2/c1-6(8)3-10-5-11-4-7(2)9/h6-7H,3-5,8-9H2,1-2H3/p+1. The minimum Gasteiger partial charge on any atom is -0.354 e. The predicted molar refractivity (Wildman–Crippen MR) is 42.8 cm³/mol. The molecule has 0 radical (unpaired) electrons. The Balaban J connectivity index is 2.91. The first-order valence-corrected chi connectivity index (χ1v) is 3.87. The quantitative estimate of drug-likeness (QED) is 0.388. The van der Waals surface area contributed by atoms with E-state index in [1.54, 1.807) is 0 Å². The van der Waals surface area contributed by atoms with Crippen LogP contribution < -0.4 is 11.5 Å². The highest BCUT2D eigenvalue weighted by atomic mass is 16.7. The lowest BCUT2D eigenvalue weighted by Gasteiger charge is -2.07. The van der Waals surface area contributed by atoms with E-state index < -0.39 is 0 Å². The highest BCUT2D eigenvalue weighted by Gasteiger charge is 1.97. The average molecular weight is 163 g/mol. The lowest BCUT2D eigenvalue weighted by molar-refractivity contribution is -0.422. The zero-order chi connectivity index (χ0) is 8.69. The third kappa shape index (κ3) is 9.84. The van der Waals surface area contributed by atoms with Gasteiger partial charge >= 0.3 is 0 Å². The monoisotopic (exact) mass is 163 g/mol. The molecule has 0 saturated heterocycles. The van der Waals surface area contributed by atoms with E-state index in [-0.39, 0.29) is 6.04 Å². The van der Waals surface area contributed by atoms with E-state index >= 15 is 0 Å². The Morgan fingerprint density at radius 3 is 2.27 bits per heavy atom. The van der Waals surface area contributed by atoms with Crippen LogP contribution in [-0.4, -0.2) is 32.1 Å². The van der Waals surface area contributed by atoms with Gasteiger partial charge in [-0.15, -0.1) is 0 Å². The molecule has 5 N–H and O–H groups in total. The fourth-order valence-corrected chi connectivity index (χ4v) is 0.542. The highest BCUT2D eigenvalue weighted by Crippen LogP contribution is 1.82. The Morgan fingerprint density at radius 1 is 1.27 bits per heavy atom. The summed E-state index contributed by atoms with van der Waals surface area (Å²) in [5.41, 5.74) is 9.21. The summed E-state index contributed by atoms with van der Waals surface area (Å²) in [7, 11) is 0. The van der Waals surface area contributed by atoms with Gasteiger partial charge in [0.15, 0.2) is 0 Å². The molecular weight excluding hydrogens is 144 g/mol. The van der Waals surface area contributed by atoms with Gasteiger partial charge in [0.1, 0.15) is 19.4 Å². The molecular formula is C7H19N2O2+. The Bertz CT molecular complexity index is 76.5. The molecule has 0 amide bonds. The molecule has 4 heteroatoms. The molecule has 0 aromatic heterocycles. The average Bonchev–Trinajstić information content (AvgIpc) is 1.85. The summed E-state index contributed by atoms with van der Waals surface area (Å²) in [5.74, 6) is 0. The van der Waals surface area contributed by atoms with Gasteiger partial charge < -0.3 is 20.9 Å². The predicted octanol–water partition coefficient (Wildman–Crippen LogP) is -1.05. The lowest BCUT2D eigenvalue weighted by Crippen LogP contribution is -2.61. The van der Waals surface area contributed by atoms with Crippen LogP contribution in [0.4, 0.5) is 0 Å². The van der Waals surface area contributed by atoms with Crippen molar-refractivity contribution in [2.24, 2.45) is 5.73 Å².